The highest BCUT2D eigenvalue weighted by molar-refractivity contribution is 9.10. The lowest BCUT2D eigenvalue weighted by Gasteiger charge is -2.15. The Bertz CT molecular complexity index is 477. The molecule has 0 aliphatic carbocycles. The van der Waals surface area contributed by atoms with Gasteiger partial charge in [-0.25, -0.2) is 0 Å². The van der Waals surface area contributed by atoms with Crippen LogP contribution in [0.3, 0.4) is 0 Å². The summed E-state index contributed by atoms with van der Waals surface area (Å²) in [5.74, 6) is 0.839. The van der Waals surface area contributed by atoms with Crippen LogP contribution < -0.4 is 4.74 Å². The number of alkyl halides is 4. The van der Waals surface area contributed by atoms with Gasteiger partial charge in [-0.05, 0) is 24.1 Å². The van der Waals surface area contributed by atoms with E-state index in [1.807, 2.05) is 12.1 Å². The fraction of sp³-hybridized carbons (Fsp3) is 0.538. The van der Waals surface area contributed by atoms with E-state index in [2.05, 4.69) is 36.6 Å². The van der Waals surface area contributed by atoms with Gasteiger partial charge in [-0.2, -0.15) is 13.2 Å². The average Bonchev–Trinajstić information content (AvgIpc) is 2.80. The van der Waals surface area contributed by atoms with E-state index in [1.165, 1.54) is 0 Å². The van der Waals surface area contributed by atoms with Gasteiger partial charge in [0.25, 0.3) is 0 Å². The smallest absolute Gasteiger partial charge is 0.411 e. The van der Waals surface area contributed by atoms with E-state index in [9.17, 15) is 13.2 Å². The third kappa shape index (κ3) is 4.36. The quantitative estimate of drug-likeness (QED) is 0.506. The second-order valence-corrected chi connectivity index (χ2v) is 6.53. The monoisotopic (exact) mass is 416 g/mol. The molecule has 0 saturated heterocycles. The van der Waals surface area contributed by atoms with Crippen molar-refractivity contribution in [3.8, 4) is 5.75 Å². The highest BCUT2D eigenvalue weighted by atomic mass is 79.9. The van der Waals surface area contributed by atoms with Gasteiger partial charge in [-0.1, -0.05) is 31.9 Å². The lowest BCUT2D eigenvalue weighted by molar-refractivity contribution is -0.174. The number of rotatable bonds is 5. The first-order chi connectivity index (χ1) is 9.37. The maximum atomic E-state index is 12.0. The summed E-state index contributed by atoms with van der Waals surface area (Å²) in [6, 6.07) is 3.93. The van der Waals surface area contributed by atoms with Gasteiger partial charge in [-0.15, -0.1) is 0 Å². The second kappa shape index (κ2) is 6.66. The predicted molar refractivity (Wildman–Crippen MR) is 76.5 cm³/mol. The van der Waals surface area contributed by atoms with Crippen LogP contribution in [0.4, 0.5) is 13.2 Å². The molecule has 0 radical (unpaired) electrons. The van der Waals surface area contributed by atoms with Crippen molar-refractivity contribution in [3.63, 3.8) is 0 Å². The van der Waals surface area contributed by atoms with Gasteiger partial charge < -0.3 is 9.47 Å². The first-order valence-corrected chi connectivity index (χ1v) is 7.81. The number of hydrogen-bond donors (Lipinski definition) is 0. The molecule has 1 unspecified atom stereocenters. The second-order valence-electron chi connectivity index (χ2n) is 4.51. The van der Waals surface area contributed by atoms with Crippen LogP contribution in [0.25, 0.3) is 0 Å². The summed E-state index contributed by atoms with van der Waals surface area (Å²) in [5, 5.41) is 0. The Balaban J connectivity index is 1.95. The minimum absolute atomic E-state index is 0.0384. The SMILES string of the molecule is FC(F)(F)COCCC(Br)c1cc(Br)cc2c1OCC2. The Morgan fingerprint density at radius 2 is 2.10 bits per heavy atom. The minimum atomic E-state index is -4.28. The minimum Gasteiger partial charge on any atom is -0.493 e. The van der Waals surface area contributed by atoms with Crippen molar-refractivity contribution in [2.45, 2.75) is 23.8 Å². The van der Waals surface area contributed by atoms with E-state index in [0.717, 1.165) is 27.8 Å². The van der Waals surface area contributed by atoms with Crippen LogP contribution in [0.5, 0.6) is 5.75 Å². The molecule has 1 aliphatic rings. The van der Waals surface area contributed by atoms with Crippen molar-refractivity contribution in [2.75, 3.05) is 19.8 Å². The summed E-state index contributed by atoms with van der Waals surface area (Å²) >= 11 is 6.93. The van der Waals surface area contributed by atoms with Crippen molar-refractivity contribution in [2.24, 2.45) is 0 Å². The lowest BCUT2D eigenvalue weighted by Crippen LogP contribution is -2.17. The Morgan fingerprint density at radius 3 is 2.80 bits per heavy atom. The normalized spacial score (nSPS) is 15.8. The average molecular weight is 418 g/mol. The van der Waals surface area contributed by atoms with Gasteiger partial charge in [0.15, 0.2) is 0 Å². The van der Waals surface area contributed by atoms with Crippen LogP contribution in [0, 0.1) is 0 Å². The van der Waals surface area contributed by atoms with Crippen LogP contribution >= 0.6 is 31.9 Å². The third-order valence-corrected chi connectivity index (χ3v) is 4.30. The molecule has 1 aliphatic heterocycles. The molecule has 0 amide bonds. The van der Waals surface area contributed by atoms with E-state index in [-0.39, 0.29) is 11.4 Å². The summed E-state index contributed by atoms with van der Waals surface area (Å²) < 4.78 is 47.1. The van der Waals surface area contributed by atoms with Crippen LogP contribution in [-0.4, -0.2) is 26.0 Å². The molecule has 0 saturated carbocycles. The molecule has 20 heavy (non-hydrogen) atoms. The summed E-state index contributed by atoms with van der Waals surface area (Å²) in [4.78, 5) is -0.0971. The molecule has 2 rings (SSSR count). The fourth-order valence-electron chi connectivity index (χ4n) is 2.06. The molecular formula is C13H13Br2F3O2. The van der Waals surface area contributed by atoms with E-state index < -0.39 is 12.8 Å². The van der Waals surface area contributed by atoms with Gasteiger partial charge in [0, 0.05) is 27.9 Å². The fourth-order valence-corrected chi connectivity index (χ4v) is 3.11. The maximum Gasteiger partial charge on any atom is 0.411 e. The molecule has 0 aromatic heterocycles. The molecule has 112 valence electrons. The molecule has 1 aromatic rings. The van der Waals surface area contributed by atoms with Gasteiger partial charge in [0.2, 0.25) is 0 Å². The standard InChI is InChI=1S/C13H13Br2F3O2/c14-9-5-8-1-4-20-12(8)10(6-9)11(15)2-3-19-7-13(16,17)18/h5-6,11H,1-4,7H2. The molecular weight excluding hydrogens is 405 g/mol. The number of hydrogen-bond acceptors (Lipinski definition) is 2. The number of fused-ring (bicyclic) bond motifs is 1. The molecule has 0 N–H and O–H groups in total. The molecule has 0 spiro atoms. The summed E-state index contributed by atoms with van der Waals surface area (Å²) in [6.45, 7) is -0.528. The Kier molecular flexibility index (Phi) is 5.36. The van der Waals surface area contributed by atoms with Crippen molar-refractivity contribution in [1.82, 2.24) is 0 Å². The zero-order chi connectivity index (χ0) is 14.8. The Labute approximate surface area is 131 Å². The van der Waals surface area contributed by atoms with Gasteiger partial charge >= 0.3 is 6.18 Å². The topological polar surface area (TPSA) is 18.5 Å². The van der Waals surface area contributed by atoms with Gasteiger partial charge in [0.05, 0.1) is 6.61 Å². The third-order valence-electron chi connectivity index (χ3n) is 2.90. The summed E-state index contributed by atoms with van der Waals surface area (Å²) in [6.07, 6.45) is -2.98. The van der Waals surface area contributed by atoms with Crippen molar-refractivity contribution in [3.05, 3.63) is 27.7 Å². The first-order valence-electron chi connectivity index (χ1n) is 6.10. The molecule has 1 atom stereocenters. The maximum absolute atomic E-state index is 12.0. The van der Waals surface area contributed by atoms with Crippen LogP contribution in [0.1, 0.15) is 22.4 Å². The molecule has 7 heteroatoms. The molecule has 2 nitrogen and oxygen atoms in total. The van der Waals surface area contributed by atoms with E-state index in [1.54, 1.807) is 0 Å². The zero-order valence-electron chi connectivity index (χ0n) is 10.5. The largest absolute Gasteiger partial charge is 0.493 e. The first kappa shape index (κ1) is 16.1. The Morgan fingerprint density at radius 1 is 1.35 bits per heavy atom. The van der Waals surface area contributed by atoms with E-state index >= 15 is 0 Å². The van der Waals surface area contributed by atoms with Crippen LogP contribution in [-0.2, 0) is 11.2 Å². The van der Waals surface area contributed by atoms with E-state index in [4.69, 9.17) is 4.74 Å². The molecule has 1 heterocycles. The summed E-state index contributed by atoms with van der Waals surface area (Å²) in [5.41, 5.74) is 2.07. The number of halogens is 5. The van der Waals surface area contributed by atoms with Crippen molar-refractivity contribution < 1.29 is 22.6 Å². The molecule has 0 bridgehead atoms. The zero-order valence-corrected chi connectivity index (χ0v) is 13.6. The molecule has 1 aromatic carbocycles. The summed E-state index contributed by atoms with van der Waals surface area (Å²) in [7, 11) is 0. The van der Waals surface area contributed by atoms with Gasteiger partial charge in [0.1, 0.15) is 12.4 Å². The highest BCUT2D eigenvalue weighted by Gasteiger charge is 2.27. The predicted octanol–water partition coefficient (Wildman–Crippen LogP) is 4.79. The number of benzene rings is 1. The Hall–Kier alpha value is -0.270. The van der Waals surface area contributed by atoms with E-state index in [0.29, 0.717) is 13.0 Å². The highest BCUT2D eigenvalue weighted by Crippen LogP contribution is 2.40. The van der Waals surface area contributed by atoms with Crippen LogP contribution in [0.2, 0.25) is 0 Å². The van der Waals surface area contributed by atoms with Crippen molar-refractivity contribution in [1.29, 1.82) is 0 Å². The molecule has 0 fully saturated rings. The van der Waals surface area contributed by atoms with Gasteiger partial charge in [-0.3, -0.25) is 0 Å². The van der Waals surface area contributed by atoms with Crippen LogP contribution in [0.15, 0.2) is 16.6 Å². The number of ether oxygens (including phenoxy) is 2. The lowest BCUT2D eigenvalue weighted by atomic mass is 10.0. The van der Waals surface area contributed by atoms with Crippen molar-refractivity contribution >= 4 is 31.9 Å².